The van der Waals surface area contributed by atoms with E-state index in [1.807, 2.05) is 24.3 Å². The molecule has 1 aliphatic rings. The third kappa shape index (κ3) is 1.88. The molecule has 20 heavy (non-hydrogen) atoms. The van der Waals surface area contributed by atoms with E-state index in [4.69, 9.17) is 16.3 Å². The van der Waals surface area contributed by atoms with Crippen molar-refractivity contribution in [3.63, 3.8) is 0 Å². The molecule has 0 aliphatic carbocycles. The fourth-order valence-electron chi connectivity index (χ4n) is 2.95. The minimum Gasteiger partial charge on any atom is -0.493 e. The molecule has 3 aromatic rings. The van der Waals surface area contributed by atoms with Crippen molar-refractivity contribution in [1.29, 1.82) is 0 Å². The maximum Gasteiger partial charge on any atom is 0.122 e. The topological polar surface area (TPSA) is 14.2 Å². The molecule has 2 heterocycles. The summed E-state index contributed by atoms with van der Waals surface area (Å²) < 4.78 is 8.04. The van der Waals surface area contributed by atoms with Crippen LogP contribution in [0.1, 0.15) is 11.5 Å². The molecule has 1 aliphatic heterocycles. The summed E-state index contributed by atoms with van der Waals surface area (Å²) in [6.45, 7) is 1.69. The smallest absolute Gasteiger partial charge is 0.122 e. The van der Waals surface area contributed by atoms with Crippen LogP contribution in [0.5, 0.6) is 5.75 Å². The fraction of sp³-hybridized carbons (Fsp3) is 0.176. The molecule has 0 saturated heterocycles. The number of ether oxygens (including phenoxy) is 1. The van der Waals surface area contributed by atoms with Crippen LogP contribution in [0.15, 0.2) is 54.7 Å². The quantitative estimate of drug-likeness (QED) is 0.677. The van der Waals surface area contributed by atoms with E-state index in [0.717, 1.165) is 23.9 Å². The molecule has 0 N–H and O–H groups in total. The van der Waals surface area contributed by atoms with Gasteiger partial charge in [0.25, 0.3) is 0 Å². The summed E-state index contributed by atoms with van der Waals surface area (Å²) in [5, 5.41) is 1.97. The second-order valence-electron chi connectivity index (χ2n) is 5.22. The molecule has 0 spiro atoms. The monoisotopic (exact) mass is 283 g/mol. The molecule has 0 fully saturated rings. The average molecular weight is 284 g/mol. The average Bonchev–Trinajstić information content (AvgIpc) is 3.04. The fourth-order valence-corrected chi connectivity index (χ4v) is 3.13. The van der Waals surface area contributed by atoms with Gasteiger partial charge in [0.1, 0.15) is 5.75 Å². The Hall–Kier alpha value is -1.93. The van der Waals surface area contributed by atoms with Gasteiger partial charge in [-0.3, -0.25) is 0 Å². The van der Waals surface area contributed by atoms with Crippen molar-refractivity contribution in [2.24, 2.45) is 0 Å². The first-order valence-corrected chi connectivity index (χ1v) is 7.15. The van der Waals surface area contributed by atoms with Crippen LogP contribution >= 0.6 is 11.6 Å². The van der Waals surface area contributed by atoms with Crippen molar-refractivity contribution in [1.82, 2.24) is 4.57 Å². The normalized spacial score (nSPS) is 17.1. The zero-order valence-corrected chi connectivity index (χ0v) is 11.7. The number of hydrogen-bond acceptors (Lipinski definition) is 1. The maximum absolute atomic E-state index is 6.04. The van der Waals surface area contributed by atoms with Gasteiger partial charge in [-0.15, -0.1) is 0 Å². The molecule has 0 saturated carbocycles. The highest BCUT2D eigenvalue weighted by Gasteiger charge is 2.24. The Morgan fingerprint density at radius 2 is 2.05 bits per heavy atom. The molecular weight excluding hydrogens is 270 g/mol. The minimum atomic E-state index is 0.414. The summed E-state index contributed by atoms with van der Waals surface area (Å²) in [6, 6.07) is 16.5. The Balaban J connectivity index is 1.69. The van der Waals surface area contributed by atoms with E-state index < -0.39 is 0 Å². The lowest BCUT2D eigenvalue weighted by Crippen LogP contribution is -2.09. The van der Waals surface area contributed by atoms with E-state index in [2.05, 4.69) is 35.0 Å². The van der Waals surface area contributed by atoms with Gasteiger partial charge < -0.3 is 9.30 Å². The summed E-state index contributed by atoms with van der Waals surface area (Å²) in [4.78, 5) is 0. The lowest BCUT2D eigenvalue weighted by molar-refractivity contribution is 0.320. The van der Waals surface area contributed by atoms with Crippen LogP contribution in [-0.2, 0) is 6.54 Å². The summed E-state index contributed by atoms with van der Waals surface area (Å²) >= 11 is 6.04. The van der Waals surface area contributed by atoms with Gasteiger partial charge in [-0.1, -0.05) is 29.8 Å². The molecule has 1 unspecified atom stereocenters. The molecule has 1 aromatic heterocycles. The molecule has 0 radical (unpaired) electrons. The van der Waals surface area contributed by atoms with Gasteiger partial charge in [-0.2, -0.15) is 0 Å². The summed E-state index contributed by atoms with van der Waals surface area (Å²) in [6.07, 6.45) is 2.13. The van der Waals surface area contributed by atoms with Crippen LogP contribution < -0.4 is 4.74 Å². The van der Waals surface area contributed by atoms with Crippen molar-refractivity contribution in [3.05, 3.63) is 65.3 Å². The molecule has 3 heteroatoms. The van der Waals surface area contributed by atoms with Gasteiger partial charge in [0.05, 0.1) is 6.61 Å². The van der Waals surface area contributed by atoms with E-state index in [-0.39, 0.29) is 0 Å². The molecule has 2 aromatic carbocycles. The molecule has 0 bridgehead atoms. The molecule has 2 nitrogen and oxygen atoms in total. The van der Waals surface area contributed by atoms with E-state index >= 15 is 0 Å². The summed E-state index contributed by atoms with van der Waals surface area (Å²) in [5.74, 6) is 1.44. The van der Waals surface area contributed by atoms with Crippen LogP contribution in [-0.4, -0.2) is 11.2 Å². The first-order chi connectivity index (χ1) is 9.81. The van der Waals surface area contributed by atoms with Gasteiger partial charge in [0.2, 0.25) is 0 Å². The van der Waals surface area contributed by atoms with Gasteiger partial charge >= 0.3 is 0 Å². The second-order valence-corrected chi connectivity index (χ2v) is 5.65. The number of aromatic nitrogens is 1. The van der Waals surface area contributed by atoms with E-state index in [1.165, 1.54) is 16.5 Å². The van der Waals surface area contributed by atoms with Crippen LogP contribution in [0.25, 0.3) is 10.9 Å². The summed E-state index contributed by atoms with van der Waals surface area (Å²) in [5.41, 5.74) is 2.53. The third-order valence-corrected chi connectivity index (χ3v) is 4.18. The lowest BCUT2D eigenvalue weighted by Gasteiger charge is -2.11. The zero-order valence-electron chi connectivity index (χ0n) is 10.9. The van der Waals surface area contributed by atoms with Crippen molar-refractivity contribution < 1.29 is 4.74 Å². The number of fused-ring (bicyclic) bond motifs is 2. The number of rotatable bonds is 2. The van der Waals surface area contributed by atoms with Crippen molar-refractivity contribution >= 4 is 22.5 Å². The highest BCUT2D eigenvalue weighted by Crippen LogP contribution is 2.35. The van der Waals surface area contributed by atoms with Gasteiger partial charge in [0.15, 0.2) is 0 Å². The van der Waals surface area contributed by atoms with E-state index in [9.17, 15) is 0 Å². The Morgan fingerprint density at radius 3 is 3.00 bits per heavy atom. The first kappa shape index (κ1) is 11.9. The molecule has 100 valence electrons. The van der Waals surface area contributed by atoms with Crippen LogP contribution in [0.4, 0.5) is 0 Å². The van der Waals surface area contributed by atoms with Crippen molar-refractivity contribution in [2.45, 2.75) is 12.5 Å². The Kier molecular flexibility index (Phi) is 2.71. The zero-order chi connectivity index (χ0) is 13.5. The first-order valence-electron chi connectivity index (χ1n) is 6.77. The Labute approximate surface area is 122 Å². The van der Waals surface area contributed by atoms with E-state index in [1.54, 1.807) is 0 Å². The van der Waals surface area contributed by atoms with Crippen LogP contribution in [0.3, 0.4) is 0 Å². The number of halogens is 1. The van der Waals surface area contributed by atoms with Gasteiger partial charge in [-0.25, -0.2) is 0 Å². The molecule has 4 rings (SSSR count). The molecule has 0 amide bonds. The SMILES string of the molecule is Clc1ccc2c(ccn2CC2COc3ccccc32)c1. The molecular formula is C17H14ClNO. The van der Waals surface area contributed by atoms with Crippen molar-refractivity contribution in [2.75, 3.05) is 6.61 Å². The second kappa shape index (κ2) is 4.57. The van der Waals surface area contributed by atoms with Gasteiger partial charge in [0, 0.05) is 40.1 Å². The summed E-state index contributed by atoms with van der Waals surface area (Å²) in [7, 11) is 0. The van der Waals surface area contributed by atoms with Gasteiger partial charge in [-0.05, 0) is 30.3 Å². The largest absolute Gasteiger partial charge is 0.493 e. The third-order valence-electron chi connectivity index (χ3n) is 3.95. The highest BCUT2D eigenvalue weighted by molar-refractivity contribution is 6.31. The Morgan fingerprint density at radius 1 is 1.15 bits per heavy atom. The number of nitrogens with zero attached hydrogens (tertiary/aromatic N) is 1. The minimum absolute atomic E-state index is 0.414. The van der Waals surface area contributed by atoms with Crippen LogP contribution in [0.2, 0.25) is 5.02 Å². The maximum atomic E-state index is 6.04. The number of para-hydroxylation sites is 1. The number of benzene rings is 2. The molecule has 1 atom stereocenters. The highest BCUT2D eigenvalue weighted by atomic mass is 35.5. The number of hydrogen-bond donors (Lipinski definition) is 0. The van der Waals surface area contributed by atoms with Crippen molar-refractivity contribution in [3.8, 4) is 5.75 Å². The Bertz CT molecular complexity index is 778. The van der Waals surface area contributed by atoms with Crippen LogP contribution in [0, 0.1) is 0 Å². The predicted molar refractivity (Wildman–Crippen MR) is 81.6 cm³/mol. The predicted octanol–water partition coefficient (Wildman–Crippen LogP) is 4.47. The lowest BCUT2D eigenvalue weighted by atomic mass is 10.0. The standard InChI is InChI=1S/C17H14ClNO/c18-14-5-6-16-12(9-14)7-8-19(16)10-13-11-20-17-4-2-1-3-15(13)17/h1-9,13H,10-11H2. The van der Waals surface area contributed by atoms with E-state index in [0.29, 0.717) is 5.92 Å².